The van der Waals surface area contributed by atoms with Gasteiger partial charge in [0.2, 0.25) is 0 Å². The highest BCUT2D eigenvalue weighted by Gasteiger charge is 2.20. The molecule has 0 aliphatic carbocycles. The maximum absolute atomic E-state index is 13.6. The van der Waals surface area contributed by atoms with E-state index in [1.54, 1.807) is 12.1 Å². The van der Waals surface area contributed by atoms with Crippen LogP contribution in [0.15, 0.2) is 72.9 Å². The van der Waals surface area contributed by atoms with Gasteiger partial charge in [-0.3, -0.25) is 9.59 Å². The molecule has 36 heavy (non-hydrogen) atoms. The zero-order valence-electron chi connectivity index (χ0n) is 20.3. The van der Waals surface area contributed by atoms with Crippen LogP contribution in [-0.4, -0.2) is 47.6 Å². The quantitative estimate of drug-likeness (QED) is 0.435. The minimum absolute atomic E-state index is 0.00901. The maximum atomic E-state index is 13.6. The molecule has 1 N–H and O–H groups in total. The summed E-state index contributed by atoms with van der Waals surface area (Å²) in [5.41, 5.74) is 4.74. The van der Waals surface area contributed by atoms with E-state index in [-0.39, 0.29) is 23.7 Å². The SMILES string of the molecule is C[C@H](NC(=O)c1cn(C)c2ccc(-c3ccc(C(=O)N4CCOCC4)cc3)cc12)c1cccc(F)c1. The van der Waals surface area contributed by atoms with Gasteiger partial charge in [-0.15, -0.1) is 0 Å². The predicted octanol–water partition coefficient (Wildman–Crippen LogP) is 4.95. The Bertz CT molecular complexity index is 1420. The first kappa shape index (κ1) is 23.8. The lowest BCUT2D eigenvalue weighted by atomic mass is 10.0. The molecule has 0 bridgehead atoms. The Labute approximate surface area is 209 Å². The van der Waals surface area contributed by atoms with Crippen molar-refractivity contribution in [1.29, 1.82) is 0 Å². The normalized spacial score (nSPS) is 14.6. The molecule has 0 spiro atoms. The van der Waals surface area contributed by atoms with Crippen molar-refractivity contribution in [3.8, 4) is 11.1 Å². The molecule has 2 heterocycles. The van der Waals surface area contributed by atoms with Crippen molar-refractivity contribution >= 4 is 22.7 Å². The van der Waals surface area contributed by atoms with Crippen LogP contribution in [0.4, 0.5) is 4.39 Å². The summed E-state index contributed by atoms with van der Waals surface area (Å²) in [6, 6.07) is 19.5. The molecule has 6 nitrogen and oxygen atoms in total. The van der Waals surface area contributed by atoms with Gasteiger partial charge in [0.25, 0.3) is 11.8 Å². The van der Waals surface area contributed by atoms with E-state index in [4.69, 9.17) is 4.74 Å². The van der Waals surface area contributed by atoms with E-state index in [9.17, 15) is 14.0 Å². The van der Waals surface area contributed by atoms with E-state index >= 15 is 0 Å². The van der Waals surface area contributed by atoms with Crippen LogP contribution in [0.5, 0.6) is 0 Å². The first-order valence-corrected chi connectivity index (χ1v) is 12.0. The van der Waals surface area contributed by atoms with Gasteiger partial charge in [0.05, 0.1) is 24.8 Å². The van der Waals surface area contributed by atoms with E-state index in [1.807, 2.05) is 72.1 Å². The molecule has 184 valence electrons. The third-order valence-corrected chi connectivity index (χ3v) is 6.69. The lowest BCUT2D eigenvalue weighted by Gasteiger charge is -2.26. The number of carbonyl (C=O) groups is 2. The van der Waals surface area contributed by atoms with Crippen LogP contribution in [0.2, 0.25) is 0 Å². The number of ether oxygens (including phenoxy) is 1. The highest BCUT2D eigenvalue weighted by Crippen LogP contribution is 2.29. The van der Waals surface area contributed by atoms with Crippen molar-refractivity contribution in [3.05, 3.63) is 95.4 Å². The Kier molecular flexibility index (Phi) is 6.57. The van der Waals surface area contributed by atoms with Crippen molar-refractivity contribution in [1.82, 2.24) is 14.8 Å². The summed E-state index contributed by atoms with van der Waals surface area (Å²) in [6.45, 7) is 4.18. The molecule has 1 atom stereocenters. The number of carbonyl (C=O) groups excluding carboxylic acids is 2. The summed E-state index contributed by atoms with van der Waals surface area (Å²) in [6.07, 6.45) is 1.81. The van der Waals surface area contributed by atoms with Crippen LogP contribution in [0, 0.1) is 5.82 Å². The number of aromatic nitrogens is 1. The predicted molar refractivity (Wildman–Crippen MR) is 137 cm³/mol. The van der Waals surface area contributed by atoms with E-state index in [0.29, 0.717) is 43.0 Å². The van der Waals surface area contributed by atoms with E-state index in [1.165, 1.54) is 12.1 Å². The number of hydrogen-bond donors (Lipinski definition) is 1. The fourth-order valence-electron chi connectivity index (χ4n) is 4.64. The fourth-order valence-corrected chi connectivity index (χ4v) is 4.64. The molecule has 3 aromatic carbocycles. The number of amides is 2. The van der Waals surface area contributed by atoms with Crippen molar-refractivity contribution < 1.29 is 18.7 Å². The average molecular weight is 486 g/mol. The zero-order valence-corrected chi connectivity index (χ0v) is 20.3. The fraction of sp³-hybridized carbons (Fsp3) is 0.241. The minimum Gasteiger partial charge on any atom is -0.378 e. The Morgan fingerprint density at radius 3 is 2.42 bits per heavy atom. The topological polar surface area (TPSA) is 63.6 Å². The zero-order chi connectivity index (χ0) is 25.2. The van der Waals surface area contributed by atoms with Crippen LogP contribution < -0.4 is 5.32 Å². The van der Waals surface area contributed by atoms with Crippen molar-refractivity contribution in [3.63, 3.8) is 0 Å². The molecular formula is C29H28FN3O3. The molecule has 0 unspecified atom stereocenters. The van der Waals surface area contributed by atoms with Gasteiger partial charge in [0, 0.05) is 42.8 Å². The van der Waals surface area contributed by atoms with Gasteiger partial charge in [-0.05, 0) is 60.0 Å². The first-order chi connectivity index (χ1) is 17.4. The van der Waals surface area contributed by atoms with E-state index in [0.717, 1.165) is 22.0 Å². The summed E-state index contributed by atoms with van der Waals surface area (Å²) < 4.78 is 20.9. The number of nitrogens with zero attached hydrogens (tertiary/aromatic N) is 2. The third-order valence-electron chi connectivity index (χ3n) is 6.69. The van der Waals surface area contributed by atoms with Gasteiger partial charge >= 0.3 is 0 Å². The second-order valence-corrected chi connectivity index (χ2v) is 9.12. The molecule has 0 radical (unpaired) electrons. The Balaban J connectivity index is 1.39. The third kappa shape index (κ3) is 4.75. The molecule has 1 aliphatic rings. The van der Waals surface area contributed by atoms with Gasteiger partial charge in [-0.2, -0.15) is 0 Å². The van der Waals surface area contributed by atoms with Crippen LogP contribution in [-0.2, 0) is 11.8 Å². The molecule has 7 heteroatoms. The molecule has 1 fully saturated rings. The number of rotatable bonds is 5. The Hall–Kier alpha value is -3.97. The summed E-state index contributed by atoms with van der Waals surface area (Å²) in [5, 5.41) is 3.81. The molecule has 1 aliphatic heterocycles. The average Bonchev–Trinajstić information content (AvgIpc) is 3.24. The molecule has 4 aromatic rings. The van der Waals surface area contributed by atoms with Gasteiger partial charge < -0.3 is 19.5 Å². The van der Waals surface area contributed by atoms with E-state index in [2.05, 4.69) is 5.32 Å². The lowest BCUT2D eigenvalue weighted by molar-refractivity contribution is 0.0303. The number of fused-ring (bicyclic) bond motifs is 1. The van der Waals surface area contributed by atoms with Gasteiger partial charge in [0.15, 0.2) is 0 Å². The summed E-state index contributed by atoms with van der Waals surface area (Å²) in [7, 11) is 1.90. The number of aryl methyl sites for hydroxylation is 1. The van der Waals surface area contributed by atoms with Crippen LogP contribution >= 0.6 is 0 Å². The standard InChI is InChI=1S/C29H28FN3O3/c1-19(22-4-3-5-24(30)16-22)31-28(34)26-18-32(2)27-11-10-23(17-25(26)27)20-6-8-21(9-7-20)29(35)33-12-14-36-15-13-33/h3-11,16-19H,12-15H2,1-2H3,(H,31,34)/t19-/m0/s1. The number of benzene rings is 3. The highest BCUT2D eigenvalue weighted by atomic mass is 19.1. The van der Waals surface area contributed by atoms with Crippen LogP contribution in [0.3, 0.4) is 0 Å². The van der Waals surface area contributed by atoms with Gasteiger partial charge in [-0.1, -0.05) is 30.3 Å². The van der Waals surface area contributed by atoms with Gasteiger partial charge in [-0.25, -0.2) is 4.39 Å². The monoisotopic (exact) mass is 485 g/mol. The highest BCUT2D eigenvalue weighted by molar-refractivity contribution is 6.08. The van der Waals surface area contributed by atoms with E-state index < -0.39 is 0 Å². The number of nitrogens with one attached hydrogen (secondary N) is 1. The number of morpholine rings is 1. The maximum Gasteiger partial charge on any atom is 0.254 e. The lowest BCUT2D eigenvalue weighted by Crippen LogP contribution is -2.40. The second-order valence-electron chi connectivity index (χ2n) is 9.12. The van der Waals surface area contributed by atoms with Crippen molar-refractivity contribution in [2.24, 2.45) is 7.05 Å². The summed E-state index contributed by atoms with van der Waals surface area (Å²) in [4.78, 5) is 27.8. The van der Waals surface area contributed by atoms with Crippen molar-refractivity contribution in [2.75, 3.05) is 26.3 Å². The molecule has 2 amide bonds. The molecule has 1 aromatic heterocycles. The number of halogens is 1. The second kappa shape index (κ2) is 9.95. The Morgan fingerprint density at radius 1 is 0.972 bits per heavy atom. The first-order valence-electron chi connectivity index (χ1n) is 12.0. The summed E-state index contributed by atoms with van der Waals surface area (Å²) in [5.74, 6) is -0.545. The Morgan fingerprint density at radius 2 is 1.69 bits per heavy atom. The molecule has 1 saturated heterocycles. The molecule has 0 saturated carbocycles. The summed E-state index contributed by atoms with van der Waals surface area (Å²) >= 11 is 0. The van der Waals surface area contributed by atoms with Crippen LogP contribution in [0.25, 0.3) is 22.0 Å². The molecular weight excluding hydrogens is 457 g/mol. The minimum atomic E-state index is -0.344. The largest absolute Gasteiger partial charge is 0.378 e. The van der Waals surface area contributed by atoms with Gasteiger partial charge in [0.1, 0.15) is 5.82 Å². The number of hydrogen-bond acceptors (Lipinski definition) is 3. The molecule has 5 rings (SSSR count). The van der Waals surface area contributed by atoms with Crippen molar-refractivity contribution in [2.45, 2.75) is 13.0 Å². The van der Waals surface area contributed by atoms with Crippen LogP contribution in [0.1, 0.15) is 39.2 Å². The smallest absolute Gasteiger partial charge is 0.254 e.